The summed E-state index contributed by atoms with van der Waals surface area (Å²) in [7, 11) is 0. The molecule has 0 aromatic heterocycles. The molecule has 0 aliphatic heterocycles. The van der Waals surface area contributed by atoms with Gasteiger partial charge in [-0.1, -0.05) is 22.0 Å². The first-order chi connectivity index (χ1) is 6.27. The molecule has 0 bridgehead atoms. The predicted molar refractivity (Wildman–Crippen MR) is 61.1 cm³/mol. The van der Waals surface area contributed by atoms with E-state index in [2.05, 4.69) is 39.9 Å². The molecule has 0 saturated heterocycles. The van der Waals surface area contributed by atoms with Crippen molar-refractivity contribution in [1.82, 2.24) is 0 Å². The van der Waals surface area contributed by atoms with Gasteiger partial charge in [0.1, 0.15) is 0 Å². The van der Waals surface area contributed by atoms with Crippen molar-refractivity contribution in [2.24, 2.45) is 5.73 Å². The standard InChI is InChI=1S/C10H15BrN2/c1-2-13(7-6-12)10-5-3-4-9(11)8-10/h3-5,8H,2,6-7,12H2,1H3. The first kappa shape index (κ1) is 10.5. The minimum absolute atomic E-state index is 0.695. The summed E-state index contributed by atoms with van der Waals surface area (Å²) in [4.78, 5) is 2.25. The molecule has 0 radical (unpaired) electrons. The first-order valence-corrected chi connectivity index (χ1v) is 5.27. The van der Waals surface area contributed by atoms with Gasteiger partial charge in [-0.15, -0.1) is 0 Å². The van der Waals surface area contributed by atoms with Crippen LogP contribution >= 0.6 is 15.9 Å². The van der Waals surface area contributed by atoms with Crippen LogP contribution in [0.25, 0.3) is 0 Å². The SMILES string of the molecule is CCN(CCN)c1cccc(Br)c1. The van der Waals surface area contributed by atoms with E-state index in [1.54, 1.807) is 0 Å². The van der Waals surface area contributed by atoms with Crippen molar-refractivity contribution in [1.29, 1.82) is 0 Å². The minimum atomic E-state index is 0.695. The second-order valence-electron chi connectivity index (χ2n) is 2.85. The fourth-order valence-corrected chi connectivity index (χ4v) is 1.69. The molecular weight excluding hydrogens is 228 g/mol. The van der Waals surface area contributed by atoms with Crippen LogP contribution < -0.4 is 10.6 Å². The van der Waals surface area contributed by atoms with Gasteiger partial charge in [0.2, 0.25) is 0 Å². The highest BCUT2D eigenvalue weighted by molar-refractivity contribution is 9.10. The minimum Gasteiger partial charge on any atom is -0.371 e. The third kappa shape index (κ3) is 3.01. The summed E-state index contributed by atoms with van der Waals surface area (Å²) in [6, 6.07) is 8.28. The maximum atomic E-state index is 5.53. The third-order valence-electron chi connectivity index (χ3n) is 1.95. The van der Waals surface area contributed by atoms with E-state index in [1.807, 2.05) is 12.1 Å². The summed E-state index contributed by atoms with van der Waals surface area (Å²) in [6.45, 7) is 4.73. The van der Waals surface area contributed by atoms with Crippen molar-refractivity contribution in [3.63, 3.8) is 0 Å². The van der Waals surface area contributed by atoms with Crippen molar-refractivity contribution < 1.29 is 0 Å². The van der Waals surface area contributed by atoms with Gasteiger partial charge in [0, 0.05) is 29.8 Å². The van der Waals surface area contributed by atoms with Gasteiger partial charge < -0.3 is 10.6 Å². The van der Waals surface area contributed by atoms with Gasteiger partial charge in [-0.2, -0.15) is 0 Å². The number of nitrogens with two attached hydrogens (primary N) is 1. The molecule has 1 aromatic carbocycles. The van der Waals surface area contributed by atoms with E-state index in [0.29, 0.717) is 6.54 Å². The van der Waals surface area contributed by atoms with Gasteiger partial charge in [0.15, 0.2) is 0 Å². The van der Waals surface area contributed by atoms with E-state index < -0.39 is 0 Å². The highest BCUT2D eigenvalue weighted by atomic mass is 79.9. The number of likely N-dealkylation sites (N-methyl/N-ethyl adjacent to an activating group) is 1. The fourth-order valence-electron chi connectivity index (χ4n) is 1.30. The summed E-state index contributed by atoms with van der Waals surface area (Å²) in [5.74, 6) is 0. The van der Waals surface area contributed by atoms with Gasteiger partial charge in [-0.05, 0) is 25.1 Å². The van der Waals surface area contributed by atoms with E-state index in [4.69, 9.17) is 5.73 Å². The van der Waals surface area contributed by atoms with Gasteiger partial charge in [0.25, 0.3) is 0 Å². The molecule has 0 fully saturated rings. The molecule has 0 saturated carbocycles. The summed E-state index contributed by atoms with van der Waals surface area (Å²) in [5.41, 5.74) is 6.75. The van der Waals surface area contributed by atoms with Crippen LogP contribution in [0.4, 0.5) is 5.69 Å². The number of anilines is 1. The normalized spacial score (nSPS) is 10.1. The number of nitrogens with zero attached hydrogens (tertiary/aromatic N) is 1. The molecule has 2 nitrogen and oxygen atoms in total. The van der Waals surface area contributed by atoms with Crippen molar-refractivity contribution in [3.05, 3.63) is 28.7 Å². The second kappa shape index (κ2) is 5.25. The molecule has 0 heterocycles. The van der Waals surface area contributed by atoms with Crippen LogP contribution in [-0.2, 0) is 0 Å². The summed E-state index contributed by atoms with van der Waals surface area (Å²) in [5, 5.41) is 0. The Hall–Kier alpha value is -0.540. The molecule has 0 aliphatic carbocycles. The van der Waals surface area contributed by atoms with Gasteiger partial charge >= 0.3 is 0 Å². The molecule has 13 heavy (non-hydrogen) atoms. The maximum Gasteiger partial charge on any atom is 0.0377 e. The molecule has 72 valence electrons. The van der Waals surface area contributed by atoms with Gasteiger partial charge in [0.05, 0.1) is 0 Å². The van der Waals surface area contributed by atoms with E-state index in [0.717, 1.165) is 17.6 Å². The lowest BCUT2D eigenvalue weighted by Gasteiger charge is -2.22. The van der Waals surface area contributed by atoms with Gasteiger partial charge in [-0.3, -0.25) is 0 Å². The Morgan fingerprint density at radius 1 is 1.46 bits per heavy atom. The zero-order valence-electron chi connectivity index (χ0n) is 7.83. The predicted octanol–water partition coefficient (Wildman–Crippen LogP) is 2.23. The zero-order chi connectivity index (χ0) is 9.68. The molecule has 0 spiro atoms. The number of benzene rings is 1. The molecule has 0 aliphatic rings. The first-order valence-electron chi connectivity index (χ1n) is 4.48. The lowest BCUT2D eigenvalue weighted by molar-refractivity contribution is 0.816. The molecular formula is C10H15BrN2. The third-order valence-corrected chi connectivity index (χ3v) is 2.45. The number of hydrogen-bond donors (Lipinski definition) is 1. The van der Waals surface area contributed by atoms with Crippen molar-refractivity contribution in [2.75, 3.05) is 24.5 Å². The molecule has 1 rings (SSSR count). The van der Waals surface area contributed by atoms with Crippen LogP contribution in [0.2, 0.25) is 0 Å². The second-order valence-corrected chi connectivity index (χ2v) is 3.76. The van der Waals surface area contributed by atoms with E-state index in [9.17, 15) is 0 Å². The molecule has 3 heteroatoms. The lowest BCUT2D eigenvalue weighted by atomic mass is 10.3. The average Bonchev–Trinajstić information content (AvgIpc) is 2.14. The highest BCUT2D eigenvalue weighted by Gasteiger charge is 2.02. The Bertz CT molecular complexity index is 263. The Kier molecular flexibility index (Phi) is 4.25. The summed E-state index contributed by atoms with van der Waals surface area (Å²) >= 11 is 3.45. The zero-order valence-corrected chi connectivity index (χ0v) is 9.42. The van der Waals surface area contributed by atoms with Crippen molar-refractivity contribution >= 4 is 21.6 Å². The Morgan fingerprint density at radius 2 is 2.23 bits per heavy atom. The summed E-state index contributed by atoms with van der Waals surface area (Å²) in [6.07, 6.45) is 0. The number of halogens is 1. The Morgan fingerprint density at radius 3 is 2.77 bits per heavy atom. The molecule has 2 N–H and O–H groups in total. The van der Waals surface area contributed by atoms with E-state index >= 15 is 0 Å². The Labute approximate surface area is 87.9 Å². The maximum absolute atomic E-state index is 5.53. The highest BCUT2D eigenvalue weighted by Crippen LogP contribution is 2.19. The van der Waals surface area contributed by atoms with E-state index in [1.165, 1.54) is 5.69 Å². The quantitative estimate of drug-likeness (QED) is 0.878. The summed E-state index contributed by atoms with van der Waals surface area (Å²) < 4.78 is 1.11. The van der Waals surface area contributed by atoms with Crippen LogP contribution in [-0.4, -0.2) is 19.6 Å². The van der Waals surface area contributed by atoms with Crippen LogP contribution in [0.5, 0.6) is 0 Å². The fraction of sp³-hybridized carbons (Fsp3) is 0.400. The average molecular weight is 243 g/mol. The van der Waals surface area contributed by atoms with Crippen LogP contribution in [0.3, 0.4) is 0 Å². The molecule has 0 atom stereocenters. The number of hydrogen-bond acceptors (Lipinski definition) is 2. The van der Waals surface area contributed by atoms with Crippen LogP contribution in [0, 0.1) is 0 Å². The van der Waals surface area contributed by atoms with Crippen LogP contribution in [0.1, 0.15) is 6.92 Å². The van der Waals surface area contributed by atoms with Crippen molar-refractivity contribution in [3.8, 4) is 0 Å². The topological polar surface area (TPSA) is 29.3 Å². The Balaban J connectivity index is 2.78. The monoisotopic (exact) mass is 242 g/mol. The molecule has 0 amide bonds. The lowest BCUT2D eigenvalue weighted by Crippen LogP contribution is -2.28. The van der Waals surface area contributed by atoms with E-state index in [-0.39, 0.29) is 0 Å². The molecule has 0 unspecified atom stereocenters. The largest absolute Gasteiger partial charge is 0.371 e. The smallest absolute Gasteiger partial charge is 0.0377 e. The van der Waals surface area contributed by atoms with Gasteiger partial charge in [-0.25, -0.2) is 0 Å². The van der Waals surface area contributed by atoms with Crippen LogP contribution in [0.15, 0.2) is 28.7 Å². The van der Waals surface area contributed by atoms with Crippen molar-refractivity contribution in [2.45, 2.75) is 6.92 Å². The molecule has 1 aromatic rings. The number of rotatable bonds is 4.